The zero-order chi connectivity index (χ0) is 12.6. The third kappa shape index (κ3) is 2.01. The Labute approximate surface area is 94.3 Å². The minimum Gasteiger partial charge on any atom is -0.368 e. The lowest BCUT2D eigenvalue weighted by Gasteiger charge is -2.08. The van der Waals surface area contributed by atoms with E-state index in [1.54, 1.807) is 0 Å². The molecule has 0 aliphatic carbocycles. The molecule has 0 atom stereocenters. The summed E-state index contributed by atoms with van der Waals surface area (Å²) in [5, 5.41) is 0.324. The van der Waals surface area contributed by atoms with Crippen LogP contribution in [0.4, 0.5) is 8.78 Å². The predicted molar refractivity (Wildman–Crippen MR) is 57.3 cm³/mol. The number of hydrogen-bond acceptors (Lipinski definition) is 2. The van der Waals surface area contributed by atoms with Gasteiger partial charge in [0, 0.05) is 17.5 Å². The summed E-state index contributed by atoms with van der Waals surface area (Å²) in [6, 6.07) is 4.36. The Morgan fingerprint density at radius 2 is 1.88 bits per heavy atom. The zero-order valence-corrected chi connectivity index (χ0v) is 8.61. The first-order valence-electron chi connectivity index (χ1n) is 4.76. The Hall–Kier alpha value is -2.24. The number of nitrogens with zero attached hydrogens (tertiary/aromatic N) is 1. The molecule has 1 aromatic heterocycles. The van der Waals surface area contributed by atoms with E-state index in [1.807, 2.05) is 0 Å². The van der Waals surface area contributed by atoms with Crippen molar-refractivity contribution in [3.63, 3.8) is 0 Å². The highest BCUT2D eigenvalue weighted by atomic mass is 19.2. The quantitative estimate of drug-likeness (QED) is 0.839. The number of nitrogens with two attached hydrogens (primary N) is 1. The van der Waals surface area contributed by atoms with Gasteiger partial charge in [-0.3, -0.25) is 14.2 Å². The molecule has 0 radical (unpaired) electrons. The average Bonchev–Trinajstić information content (AvgIpc) is 2.25. The van der Waals surface area contributed by atoms with Crippen molar-refractivity contribution >= 4 is 16.8 Å². The van der Waals surface area contributed by atoms with Crippen molar-refractivity contribution in [1.29, 1.82) is 0 Å². The van der Waals surface area contributed by atoms with Gasteiger partial charge in [-0.1, -0.05) is 0 Å². The molecule has 0 aliphatic rings. The maximum absolute atomic E-state index is 13.1. The number of primary amides is 1. The van der Waals surface area contributed by atoms with Crippen LogP contribution in [0.15, 0.2) is 29.1 Å². The first-order chi connectivity index (χ1) is 7.99. The fourth-order valence-corrected chi connectivity index (χ4v) is 1.61. The largest absolute Gasteiger partial charge is 0.368 e. The van der Waals surface area contributed by atoms with Crippen molar-refractivity contribution in [2.24, 2.45) is 5.73 Å². The Kier molecular flexibility index (Phi) is 2.63. The van der Waals surface area contributed by atoms with Crippen LogP contribution in [-0.2, 0) is 11.3 Å². The third-order valence-electron chi connectivity index (χ3n) is 2.35. The van der Waals surface area contributed by atoms with Crippen molar-refractivity contribution in [1.82, 2.24) is 4.57 Å². The highest BCUT2D eigenvalue weighted by molar-refractivity contribution is 5.81. The van der Waals surface area contributed by atoms with Crippen LogP contribution < -0.4 is 11.3 Å². The summed E-state index contributed by atoms with van der Waals surface area (Å²) in [4.78, 5) is 22.3. The molecule has 0 spiro atoms. The molecule has 88 valence electrons. The highest BCUT2D eigenvalue weighted by Crippen LogP contribution is 2.16. The fourth-order valence-electron chi connectivity index (χ4n) is 1.61. The molecule has 0 saturated carbocycles. The van der Waals surface area contributed by atoms with Gasteiger partial charge in [0.1, 0.15) is 6.54 Å². The van der Waals surface area contributed by atoms with Crippen LogP contribution in [0.1, 0.15) is 0 Å². The van der Waals surface area contributed by atoms with Crippen LogP contribution in [0.5, 0.6) is 0 Å². The SMILES string of the molecule is NC(=O)Cn1c(=O)ccc2cc(F)c(F)cc21. The van der Waals surface area contributed by atoms with Gasteiger partial charge in [-0.25, -0.2) is 8.78 Å². The molecule has 0 unspecified atom stereocenters. The number of amides is 1. The van der Waals surface area contributed by atoms with E-state index in [0.717, 1.165) is 16.7 Å². The Morgan fingerprint density at radius 1 is 1.24 bits per heavy atom. The van der Waals surface area contributed by atoms with E-state index in [1.165, 1.54) is 12.1 Å². The molecule has 2 aromatic rings. The summed E-state index contributed by atoms with van der Waals surface area (Å²) >= 11 is 0. The van der Waals surface area contributed by atoms with E-state index in [2.05, 4.69) is 0 Å². The van der Waals surface area contributed by atoms with Gasteiger partial charge in [0.05, 0.1) is 5.52 Å². The molecule has 17 heavy (non-hydrogen) atoms. The van der Waals surface area contributed by atoms with Crippen molar-refractivity contribution in [3.05, 3.63) is 46.3 Å². The molecule has 0 aliphatic heterocycles. The van der Waals surface area contributed by atoms with Crippen LogP contribution in [-0.4, -0.2) is 10.5 Å². The number of pyridine rings is 1. The number of fused-ring (bicyclic) bond motifs is 1. The molecule has 2 N–H and O–H groups in total. The second-order valence-corrected chi connectivity index (χ2v) is 3.55. The second kappa shape index (κ2) is 3.97. The molecule has 2 rings (SSSR count). The number of aromatic nitrogens is 1. The van der Waals surface area contributed by atoms with Gasteiger partial charge >= 0.3 is 0 Å². The summed E-state index contributed by atoms with van der Waals surface area (Å²) in [5.41, 5.74) is 4.62. The van der Waals surface area contributed by atoms with Gasteiger partial charge in [0.15, 0.2) is 11.6 Å². The molecule has 1 heterocycles. The van der Waals surface area contributed by atoms with Crippen molar-refractivity contribution < 1.29 is 13.6 Å². The summed E-state index contributed by atoms with van der Waals surface area (Å²) in [7, 11) is 0. The topological polar surface area (TPSA) is 65.1 Å². The molecule has 0 fully saturated rings. The number of carbonyl (C=O) groups is 1. The fraction of sp³-hybridized carbons (Fsp3) is 0.0909. The third-order valence-corrected chi connectivity index (χ3v) is 2.35. The van der Waals surface area contributed by atoms with Gasteiger partial charge in [-0.2, -0.15) is 0 Å². The Bertz CT molecular complexity index is 664. The van der Waals surface area contributed by atoms with Crippen LogP contribution in [0, 0.1) is 11.6 Å². The van der Waals surface area contributed by atoms with Crippen LogP contribution in [0.3, 0.4) is 0 Å². The maximum atomic E-state index is 13.1. The average molecular weight is 238 g/mol. The molecule has 1 aromatic carbocycles. The Balaban J connectivity index is 2.80. The van der Waals surface area contributed by atoms with Gasteiger partial charge < -0.3 is 5.73 Å². The van der Waals surface area contributed by atoms with Gasteiger partial charge in [-0.05, 0) is 12.1 Å². The number of halogens is 2. The van der Waals surface area contributed by atoms with Gasteiger partial charge in [-0.15, -0.1) is 0 Å². The highest BCUT2D eigenvalue weighted by Gasteiger charge is 2.09. The summed E-state index contributed by atoms with van der Waals surface area (Å²) in [6.07, 6.45) is 0. The number of carbonyl (C=O) groups excluding carboxylic acids is 1. The zero-order valence-electron chi connectivity index (χ0n) is 8.61. The summed E-state index contributed by atoms with van der Waals surface area (Å²) < 4.78 is 27.1. The van der Waals surface area contributed by atoms with Crippen molar-refractivity contribution in [2.45, 2.75) is 6.54 Å². The van der Waals surface area contributed by atoms with Crippen LogP contribution in [0.25, 0.3) is 10.9 Å². The molecular formula is C11H8F2N2O2. The number of rotatable bonds is 2. The lowest BCUT2D eigenvalue weighted by Crippen LogP contribution is -2.27. The summed E-state index contributed by atoms with van der Waals surface area (Å²) in [5.74, 6) is -2.83. The second-order valence-electron chi connectivity index (χ2n) is 3.55. The van der Waals surface area contributed by atoms with Crippen LogP contribution in [0.2, 0.25) is 0 Å². The standard InChI is InChI=1S/C11H8F2N2O2/c12-7-3-6-1-2-11(17)15(5-10(14)16)9(6)4-8(7)13/h1-4H,5H2,(H2,14,16). The summed E-state index contributed by atoms with van der Waals surface area (Å²) in [6.45, 7) is -0.374. The maximum Gasteiger partial charge on any atom is 0.251 e. The minimum absolute atomic E-state index is 0.134. The molecule has 0 bridgehead atoms. The van der Waals surface area contributed by atoms with Gasteiger partial charge in [0.2, 0.25) is 5.91 Å². The number of benzene rings is 1. The van der Waals surface area contributed by atoms with E-state index in [9.17, 15) is 18.4 Å². The van der Waals surface area contributed by atoms with Crippen molar-refractivity contribution in [3.8, 4) is 0 Å². The lowest BCUT2D eigenvalue weighted by atomic mass is 10.2. The smallest absolute Gasteiger partial charge is 0.251 e. The van der Waals surface area contributed by atoms with Crippen LogP contribution >= 0.6 is 0 Å². The van der Waals surface area contributed by atoms with E-state index < -0.39 is 23.1 Å². The van der Waals surface area contributed by atoms with E-state index in [-0.39, 0.29) is 12.1 Å². The first-order valence-corrected chi connectivity index (χ1v) is 4.76. The lowest BCUT2D eigenvalue weighted by molar-refractivity contribution is -0.118. The number of hydrogen-bond donors (Lipinski definition) is 1. The van der Waals surface area contributed by atoms with E-state index >= 15 is 0 Å². The van der Waals surface area contributed by atoms with E-state index in [4.69, 9.17) is 5.73 Å². The first kappa shape index (κ1) is 11.3. The molecule has 6 heteroatoms. The van der Waals surface area contributed by atoms with Crippen molar-refractivity contribution in [2.75, 3.05) is 0 Å². The van der Waals surface area contributed by atoms with Gasteiger partial charge in [0.25, 0.3) is 5.56 Å². The minimum atomic E-state index is -1.08. The molecule has 4 nitrogen and oxygen atoms in total. The molecular weight excluding hydrogens is 230 g/mol. The van der Waals surface area contributed by atoms with E-state index in [0.29, 0.717) is 5.39 Å². The monoisotopic (exact) mass is 238 g/mol. The predicted octanol–water partition coefficient (Wildman–Crippen LogP) is 0.765. The Morgan fingerprint density at radius 3 is 2.53 bits per heavy atom. The molecule has 1 amide bonds. The molecule has 0 saturated heterocycles. The normalized spacial score (nSPS) is 10.7.